The number of carbonyl (C=O) groups is 5. The van der Waals surface area contributed by atoms with Gasteiger partial charge in [-0.1, -0.05) is 24.3 Å². The number of benzene rings is 1. The van der Waals surface area contributed by atoms with Crippen molar-refractivity contribution in [2.24, 2.45) is 15.9 Å². The lowest BCUT2D eigenvalue weighted by Crippen LogP contribution is -2.29. The van der Waals surface area contributed by atoms with E-state index in [2.05, 4.69) is 27.2 Å². The van der Waals surface area contributed by atoms with Gasteiger partial charge in [0.15, 0.2) is 5.75 Å². The highest BCUT2D eigenvalue weighted by Gasteiger charge is 2.28. The maximum atomic E-state index is 12.5. The van der Waals surface area contributed by atoms with E-state index in [1.807, 2.05) is 0 Å². The van der Waals surface area contributed by atoms with Crippen molar-refractivity contribution in [2.75, 3.05) is 11.9 Å². The van der Waals surface area contributed by atoms with E-state index >= 15 is 0 Å². The Balaban J connectivity index is 2.29. The Hall–Kier alpha value is -3.86. The van der Waals surface area contributed by atoms with Crippen LogP contribution in [0.4, 0.5) is 5.69 Å². The predicted octanol–water partition coefficient (Wildman–Crippen LogP) is 0.410. The monoisotopic (exact) mass is 476 g/mol. The number of carboxylic acid groups (broad SMARTS) is 1. The van der Waals surface area contributed by atoms with Crippen LogP contribution in [0.15, 0.2) is 39.9 Å². The summed E-state index contributed by atoms with van der Waals surface area (Å²) in [5, 5.41) is 23.6. The van der Waals surface area contributed by atoms with Gasteiger partial charge in [0.25, 0.3) is 11.8 Å². The van der Waals surface area contributed by atoms with Crippen LogP contribution in [0.1, 0.15) is 26.7 Å². The Labute approximate surface area is 192 Å². The minimum absolute atomic E-state index is 0.00905. The normalized spacial score (nSPS) is 15.5. The third-order valence-corrected chi connectivity index (χ3v) is 4.75. The second kappa shape index (κ2) is 10.6. The van der Waals surface area contributed by atoms with Crippen molar-refractivity contribution >= 4 is 46.9 Å². The first-order chi connectivity index (χ1) is 15.4. The fraction of sp³-hybridized carbons (Fsp3) is 0.286. The van der Waals surface area contributed by atoms with E-state index in [9.17, 15) is 29.1 Å². The molecule has 0 fully saturated rings. The van der Waals surface area contributed by atoms with Gasteiger partial charge in [-0.15, -0.1) is 0 Å². The molecule has 1 aliphatic rings. The SMILES string of the molecule is C=C(C)C(=O)NCCCC(=O)Nc1cc(Cl)c2c(c1O)=NC(=O)C(C=C(C)C(=O)O)C(=O)N=2. The van der Waals surface area contributed by atoms with Crippen molar-refractivity contribution in [3.63, 3.8) is 0 Å². The Bertz CT molecular complexity index is 1220. The van der Waals surface area contributed by atoms with Crippen LogP contribution in [0.2, 0.25) is 5.02 Å². The highest BCUT2D eigenvalue weighted by Crippen LogP contribution is 2.22. The topological polar surface area (TPSA) is 175 Å². The molecule has 1 aliphatic heterocycles. The Morgan fingerprint density at radius 1 is 1.18 bits per heavy atom. The molecule has 0 aliphatic carbocycles. The summed E-state index contributed by atoms with van der Waals surface area (Å²) < 4.78 is 0. The van der Waals surface area contributed by atoms with Crippen LogP contribution >= 0.6 is 11.6 Å². The van der Waals surface area contributed by atoms with Crippen LogP contribution in [0, 0.1) is 5.92 Å². The maximum absolute atomic E-state index is 12.5. The molecule has 1 aromatic rings. The van der Waals surface area contributed by atoms with Crippen molar-refractivity contribution in [2.45, 2.75) is 26.7 Å². The molecule has 1 unspecified atom stereocenters. The van der Waals surface area contributed by atoms with Gasteiger partial charge in [0, 0.05) is 24.1 Å². The Kier molecular flexibility index (Phi) is 8.19. The molecule has 1 heterocycles. The number of anilines is 1. The quantitative estimate of drug-likeness (QED) is 0.182. The number of aliphatic carboxylic acids is 1. The van der Waals surface area contributed by atoms with Crippen molar-refractivity contribution in [1.82, 2.24) is 5.32 Å². The van der Waals surface area contributed by atoms with E-state index in [-0.39, 0.29) is 40.5 Å². The molecular weight excluding hydrogens is 456 g/mol. The average molecular weight is 477 g/mol. The van der Waals surface area contributed by atoms with Crippen LogP contribution in [-0.4, -0.2) is 46.4 Å². The van der Waals surface area contributed by atoms with E-state index in [0.29, 0.717) is 12.0 Å². The number of carbonyl (C=O) groups excluding carboxylic acids is 4. The van der Waals surface area contributed by atoms with Gasteiger partial charge in [-0.2, -0.15) is 0 Å². The maximum Gasteiger partial charge on any atom is 0.330 e. The number of phenolic OH excluding ortho intramolecular Hbond substituents is 1. The number of hydrogen-bond acceptors (Lipinski definition) is 6. The number of carboxylic acids is 1. The number of nitrogens with zero attached hydrogens (tertiary/aromatic N) is 2. The second-order valence-corrected chi connectivity index (χ2v) is 7.58. The molecule has 0 radical (unpaired) electrons. The third-order valence-electron chi connectivity index (χ3n) is 4.46. The molecule has 2 rings (SSSR count). The van der Waals surface area contributed by atoms with Crippen molar-refractivity contribution in [3.05, 3.63) is 45.6 Å². The van der Waals surface area contributed by atoms with Crippen LogP contribution in [-0.2, 0) is 24.0 Å². The number of rotatable bonds is 8. The van der Waals surface area contributed by atoms with Crippen LogP contribution in [0.5, 0.6) is 5.75 Å². The summed E-state index contributed by atoms with van der Waals surface area (Å²) in [4.78, 5) is 66.9. The van der Waals surface area contributed by atoms with Crippen LogP contribution in [0.3, 0.4) is 0 Å². The fourth-order valence-electron chi connectivity index (χ4n) is 2.67. The first-order valence-electron chi connectivity index (χ1n) is 9.64. The zero-order valence-electron chi connectivity index (χ0n) is 17.8. The molecule has 4 N–H and O–H groups in total. The highest BCUT2D eigenvalue weighted by molar-refractivity contribution is 6.31. The largest absolute Gasteiger partial charge is 0.504 e. The summed E-state index contributed by atoms with van der Waals surface area (Å²) in [6, 6.07) is 1.14. The molecule has 0 bridgehead atoms. The van der Waals surface area contributed by atoms with E-state index in [1.54, 1.807) is 6.92 Å². The molecule has 1 atom stereocenters. The number of phenols is 1. The average Bonchev–Trinajstić information content (AvgIpc) is 2.86. The molecule has 12 heteroatoms. The van der Waals surface area contributed by atoms with E-state index in [1.165, 1.54) is 6.92 Å². The molecular formula is C21H21ClN4O7. The van der Waals surface area contributed by atoms with Gasteiger partial charge in [0.2, 0.25) is 11.8 Å². The minimum Gasteiger partial charge on any atom is -0.504 e. The predicted molar refractivity (Wildman–Crippen MR) is 116 cm³/mol. The van der Waals surface area contributed by atoms with E-state index < -0.39 is 40.7 Å². The summed E-state index contributed by atoms with van der Waals surface area (Å²) >= 11 is 6.14. The van der Waals surface area contributed by atoms with Gasteiger partial charge in [0.05, 0.1) is 10.7 Å². The van der Waals surface area contributed by atoms with Gasteiger partial charge >= 0.3 is 5.97 Å². The summed E-state index contributed by atoms with van der Waals surface area (Å²) in [6.07, 6.45) is 1.20. The minimum atomic E-state index is -1.60. The number of halogens is 1. The zero-order valence-corrected chi connectivity index (χ0v) is 18.5. The second-order valence-electron chi connectivity index (χ2n) is 7.17. The Morgan fingerprint density at radius 3 is 2.36 bits per heavy atom. The lowest BCUT2D eigenvalue weighted by atomic mass is 10.0. The summed E-state index contributed by atoms with van der Waals surface area (Å²) in [6.45, 7) is 6.47. The van der Waals surface area contributed by atoms with Gasteiger partial charge in [-0.25, -0.2) is 14.8 Å². The van der Waals surface area contributed by atoms with Crippen molar-refractivity contribution < 1.29 is 34.2 Å². The summed E-state index contributed by atoms with van der Waals surface area (Å²) in [7, 11) is 0. The molecule has 0 aromatic heterocycles. The molecule has 33 heavy (non-hydrogen) atoms. The molecule has 11 nitrogen and oxygen atoms in total. The molecule has 0 saturated heterocycles. The van der Waals surface area contributed by atoms with Crippen molar-refractivity contribution in [1.29, 1.82) is 0 Å². The molecule has 1 aromatic carbocycles. The molecule has 0 spiro atoms. The van der Waals surface area contributed by atoms with E-state index in [0.717, 1.165) is 12.1 Å². The molecule has 4 amide bonds. The van der Waals surface area contributed by atoms with Crippen molar-refractivity contribution in [3.8, 4) is 5.75 Å². The first kappa shape index (κ1) is 25.4. The van der Waals surface area contributed by atoms with Gasteiger partial charge in [-0.05, 0) is 26.3 Å². The highest BCUT2D eigenvalue weighted by atomic mass is 35.5. The van der Waals surface area contributed by atoms with Gasteiger partial charge < -0.3 is 20.8 Å². The summed E-state index contributed by atoms with van der Waals surface area (Å²) in [5.41, 5.74) is -0.0903. The smallest absolute Gasteiger partial charge is 0.330 e. The molecule has 174 valence electrons. The summed E-state index contributed by atoms with van der Waals surface area (Å²) in [5.74, 6) is -6.47. The zero-order chi connectivity index (χ0) is 24.9. The fourth-order valence-corrected chi connectivity index (χ4v) is 2.91. The molecule has 0 saturated carbocycles. The number of nitrogens with one attached hydrogen (secondary N) is 2. The van der Waals surface area contributed by atoms with E-state index in [4.69, 9.17) is 16.7 Å². The standard InChI is InChI=1S/C21H21ClN4O7/c1-9(2)18(29)23-6-4-5-14(27)24-13-8-12(22)15-16(17(13)28)26-20(31)11(19(30)25-15)7-10(3)21(32)33/h7-8,11,28H,1,4-6H2,2-3H3,(H,23,29)(H,24,27)(H,32,33). The van der Waals surface area contributed by atoms with Crippen LogP contribution in [0.25, 0.3) is 0 Å². The number of amides is 4. The lowest BCUT2D eigenvalue weighted by molar-refractivity contribution is -0.132. The number of fused-ring (bicyclic) bond motifs is 1. The van der Waals surface area contributed by atoms with Gasteiger partial charge in [-0.3, -0.25) is 19.2 Å². The first-order valence-corrected chi connectivity index (χ1v) is 10.0. The van der Waals surface area contributed by atoms with Crippen LogP contribution < -0.4 is 21.3 Å². The number of hydrogen-bond donors (Lipinski definition) is 4. The van der Waals surface area contributed by atoms with Gasteiger partial charge in [0.1, 0.15) is 16.6 Å². The third kappa shape index (κ3) is 6.32. The number of aromatic hydroxyl groups is 1. The Morgan fingerprint density at radius 2 is 1.79 bits per heavy atom. The lowest BCUT2D eigenvalue weighted by Gasteiger charge is -2.09.